The van der Waals surface area contributed by atoms with Crippen molar-refractivity contribution in [3.8, 4) is 5.75 Å². The Morgan fingerprint density at radius 3 is 2.68 bits per heavy atom. The molecule has 1 aromatic carbocycles. The number of likely N-dealkylation sites (N-methyl/N-ethyl adjacent to an activating group) is 1. The van der Waals surface area contributed by atoms with Gasteiger partial charge in [0.2, 0.25) is 0 Å². The molecule has 2 atom stereocenters. The van der Waals surface area contributed by atoms with Crippen molar-refractivity contribution in [2.24, 2.45) is 7.05 Å². The lowest BCUT2D eigenvalue weighted by Crippen LogP contribution is -2.39. The maximum Gasteiger partial charge on any atom is 0.263 e. The Morgan fingerprint density at radius 2 is 2.09 bits per heavy atom. The Kier molecular flexibility index (Phi) is 4.85. The van der Waals surface area contributed by atoms with Crippen LogP contribution >= 0.6 is 0 Å². The van der Waals surface area contributed by atoms with Crippen LogP contribution in [0.1, 0.15) is 31.0 Å². The number of nitrogens with zero attached hydrogens (tertiary/aromatic N) is 3. The first-order valence-electron chi connectivity index (χ1n) is 7.37. The van der Waals surface area contributed by atoms with Gasteiger partial charge >= 0.3 is 0 Å². The van der Waals surface area contributed by atoms with Gasteiger partial charge in [0.25, 0.3) is 5.91 Å². The molecule has 22 heavy (non-hydrogen) atoms. The monoisotopic (exact) mass is 301 g/mol. The summed E-state index contributed by atoms with van der Waals surface area (Å²) in [7, 11) is 3.65. The van der Waals surface area contributed by atoms with E-state index >= 15 is 0 Å². The molecule has 0 aliphatic carbocycles. The molecule has 5 heteroatoms. The molecule has 118 valence electrons. The molecule has 0 spiro atoms. The fraction of sp³-hybridized carbons (Fsp3) is 0.412. The number of rotatable bonds is 5. The van der Waals surface area contributed by atoms with Gasteiger partial charge in [-0.05, 0) is 38.5 Å². The first kappa shape index (κ1) is 16.1. The average Bonchev–Trinajstić information content (AvgIpc) is 2.91. The molecule has 5 nitrogen and oxygen atoms in total. The summed E-state index contributed by atoms with van der Waals surface area (Å²) >= 11 is 0. The summed E-state index contributed by atoms with van der Waals surface area (Å²) in [5, 5.41) is 4.15. The lowest BCUT2D eigenvalue weighted by Gasteiger charge is -2.27. The average molecular weight is 301 g/mol. The lowest BCUT2D eigenvalue weighted by atomic mass is 10.1. The largest absolute Gasteiger partial charge is 0.481 e. The predicted molar refractivity (Wildman–Crippen MR) is 85.7 cm³/mol. The van der Waals surface area contributed by atoms with E-state index in [4.69, 9.17) is 4.74 Å². The van der Waals surface area contributed by atoms with Crippen molar-refractivity contribution < 1.29 is 9.53 Å². The zero-order valence-electron chi connectivity index (χ0n) is 13.8. The van der Waals surface area contributed by atoms with E-state index in [1.807, 2.05) is 51.4 Å². The van der Waals surface area contributed by atoms with Gasteiger partial charge in [0.1, 0.15) is 5.75 Å². The van der Waals surface area contributed by atoms with E-state index in [0.29, 0.717) is 5.75 Å². The Labute approximate surface area is 131 Å². The van der Waals surface area contributed by atoms with Crippen LogP contribution < -0.4 is 4.74 Å². The molecule has 0 fully saturated rings. The van der Waals surface area contributed by atoms with Gasteiger partial charge in [-0.2, -0.15) is 5.10 Å². The molecule has 0 bridgehead atoms. The number of benzene rings is 1. The van der Waals surface area contributed by atoms with Crippen LogP contribution in [0.2, 0.25) is 0 Å². The molecule has 0 aliphatic heterocycles. The van der Waals surface area contributed by atoms with Crippen molar-refractivity contribution in [1.82, 2.24) is 14.7 Å². The van der Waals surface area contributed by atoms with Crippen molar-refractivity contribution in [2.45, 2.75) is 32.9 Å². The lowest BCUT2D eigenvalue weighted by molar-refractivity contribution is -0.138. The van der Waals surface area contributed by atoms with Gasteiger partial charge < -0.3 is 9.64 Å². The van der Waals surface area contributed by atoms with Crippen molar-refractivity contribution in [2.75, 3.05) is 7.05 Å². The maximum absolute atomic E-state index is 12.5. The Morgan fingerprint density at radius 1 is 1.36 bits per heavy atom. The standard InChI is InChI=1S/C17H23N3O2/c1-12-7-6-8-16(9-12)22-14(3)17(21)20(5)13(2)15-10-18-19(4)11-15/h6-11,13-14H,1-5H3/t13-,14-/m0/s1. The summed E-state index contributed by atoms with van der Waals surface area (Å²) in [6.07, 6.45) is 3.16. The summed E-state index contributed by atoms with van der Waals surface area (Å²) in [5.41, 5.74) is 2.11. The van der Waals surface area contributed by atoms with Gasteiger partial charge in [-0.3, -0.25) is 9.48 Å². The molecule has 1 aromatic heterocycles. The fourth-order valence-corrected chi connectivity index (χ4v) is 2.30. The van der Waals surface area contributed by atoms with Crippen molar-refractivity contribution in [3.05, 3.63) is 47.8 Å². The number of amides is 1. The van der Waals surface area contributed by atoms with Gasteiger partial charge in [-0.25, -0.2) is 0 Å². The third-order valence-electron chi connectivity index (χ3n) is 3.79. The van der Waals surface area contributed by atoms with Crippen LogP contribution in [-0.2, 0) is 11.8 Å². The van der Waals surface area contributed by atoms with E-state index in [2.05, 4.69) is 5.10 Å². The first-order valence-corrected chi connectivity index (χ1v) is 7.37. The van der Waals surface area contributed by atoms with E-state index < -0.39 is 6.10 Å². The number of carbonyl (C=O) groups is 1. The normalized spacial score (nSPS) is 13.5. The molecule has 0 radical (unpaired) electrons. The minimum atomic E-state index is -0.536. The molecule has 0 saturated carbocycles. The van der Waals surface area contributed by atoms with Crippen molar-refractivity contribution >= 4 is 5.91 Å². The Hall–Kier alpha value is -2.30. The smallest absolute Gasteiger partial charge is 0.263 e. The first-order chi connectivity index (χ1) is 10.4. The second-order valence-electron chi connectivity index (χ2n) is 5.65. The van der Waals surface area contributed by atoms with Crippen LogP contribution in [0.5, 0.6) is 5.75 Å². The van der Waals surface area contributed by atoms with E-state index in [1.165, 1.54) is 0 Å². The number of carbonyl (C=O) groups excluding carboxylic acids is 1. The molecule has 1 heterocycles. The highest BCUT2D eigenvalue weighted by Crippen LogP contribution is 2.20. The quantitative estimate of drug-likeness (QED) is 0.853. The zero-order chi connectivity index (χ0) is 16.3. The van der Waals surface area contributed by atoms with Crippen LogP contribution in [0.3, 0.4) is 0 Å². The van der Waals surface area contributed by atoms with E-state index in [9.17, 15) is 4.79 Å². The molecule has 0 aliphatic rings. The van der Waals surface area contributed by atoms with Gasteiger partial charge in [-0.15, -0.1) is 0 Å². The minimum Gasteiger partial charge on any atom is -0.481 e. The van der Waals surface area contributed by atoms with Gasteiger partial charge in [0.15, 0.2) is 6.10 Å². The topological polar surface area (TPSA) is 47.4 Å². The third kappa shape index (κ3) is 3.67. The van der Waals surface area contributed by atoms with Gasteiger partial charge in [0, 0.05) is 25.9 Å². The molecule has 1 amide bonds. The van der Waals surface area contributed by atoms with Crippen LogP contribution in [-0.4, -0.2) is 33.7 Å². The van der Waals surface area contributed by atoms with Gasteiger partial charge in [-0.1, -0.05) is 12.1 Å². The summed E-state index contributed by atoms with van der Waals surface area (Å²) in [5.74, 6) is 0.654. The zero-order valence-corrected chi connectivity index (χ0v) is 13.8. The molecule has 0 unspecified atom stereocenters. The second kappa shape index (κ2) is 6.64. The van der Waals surface area contributed by atoms with E-state index in [0.717, 1.165) is 11.1 Å². The number of aromatic nitrogens is 2. The van der Waals surface area contributed by atoms with Crippen LogP contribution in [0.25, 0.3) is 0 Å². The van der Waals surface area contributed by atoms with Gasteiger partial charge in [0.05, 0.1) is 12.2 Å². The Balaban J connectivity index is 2.03. The summed E-state index contributed by atoms with van der Waals surface area (Å²) < 4.78 is 7.49. The van der Waals surface area contributed by atoms with Crippen molar-refractivity contribution in [3.63, 3.8) is 0 Å². The number of aryl methyl sites for hydroxylation is 2. The Bertz CT molecular complexity index is 651. The minimum absolute atomic E-state index is 0.0511. The third-order valence-corrected chi connectivity index (χ3v) is 3.79. The maximum atomic E-state index is 12.5. The highest BCUT2D eigenvalue weighted by Gasteiger charge is 2.24. The fourth-order valence-electron chi connectivity index (χ4n) is 2.30. The molecular formula is C17H23N3O2. The number of hydrogen-bond donors (Lipinski definition) is 0. The molecule has 2 rings (SSSR count). The number of hydrogen-bond acceptors (Lipinski definition) is 3. The summed E-state index contributed by atoms with van der Waals surface area (Å²) in [6, 6.07) is 7.65. The molecule has 0 N–H and O–H groups in total. The van der Waals surface area contributed by atoms with Crippen LogP contribution in [0, 0.1) is 6.92 Å². The van der Waals surface area contributed by atoms with Crippen molar-refractivity contribution in [1.29, 1.82) is 0 Å². The van der Waals surface area contributed by atoms with E-state index in [1.54, 1.807) is 29.7 Å². The summed E-state index contributed by atoms with van der Waals surface area (Å²) in [6.45, 7) is 5.75. The van der Waals surface area contributed by atoms with E-state index in [-0.39, 0.29) is 11.9 Å². The molecular weight excluding hydrogens is 278 g/mol. The second-order valence-corrected chi connectivity index (χ2v) is 5.65. The SMILES string of the molecule is Cc1cccc(O[C@@H](C)C(=O)N(C)[C@@H](C)c2cnn(C)c2)c1. The summed E-state index contributed by atoms with van der Waals surface area (Å²) in [4.78, 5) is 14.2. The highest BCUT2D eigenvalue weighted by atomic mass is 16.5. The number of ether oxygens (including phenoxy) is 1. The van der Waals surface area contributed by atoms with Crippen LogP contribution in [0.4, 0.5) is 0 Å². The molecule has 2 aromatic rings. The van der Waals surface area contributed by atoms with Crippen LogP contribution in [0.15, 0.2) is 36.7 Å². The predicted octanol–water partition coefficient (Wildman–Crippen LogP) is 2.72. The highest BCUT2D eigenvalue weighted by molar-refractivity contribution is 5.81. The molecule has 0 saturated heterocycles.